The van der Waals surface area contributed by atoms with Crippen molar-refractivity contribution in [3.8, 4) is 0 Å². The van der Waals surface area contributed by atoms with Gasteiger partial charge < -0.3 is 15.0 Å². The van der Waals surface area contributed by atoms with E-state index in [1.807, 2.05) is 24.0 Å². The van der Waals surface area contributed by atoms with Crippen LogP contribution in [0.25, 0.3) is 10.8 Å². The SMILES string of the molecule is CCOC(=O)C1CCN(C(=O)C2=CC=C([C@H]3CCCC(NC(C)c4cccc5ccccc45)C3)CC=C2)CC1. The molecule has 0 spiro atoms. The molecule has 39 heavy (non-hydrogen) atoms. The number of carbonyl (C=O) groups is 2. The third-order valence-electron chi connectivity index (χ3n) is 8.75. The molecule has 5 rings (SSSR count). The van der Waals surface area contributed by atoms with Crippen LogP contribution >= 0.6 is 0 Å². The van der Waals surface area contributed by atoms with Gasteiger partial charge in [0.2, 0.25) is 0 Å². The van der Waals surface area contributed by atoms with Crippen molar-refractivity contribution in [2.45, 2.75) is 70.9 Å². The molecule has 0 radical (unpaired) electrons. The molecule has 2 aromatic rings. The van der Waals surface area contributed by atoms with Crippen LogP contribution in [0.2, 0.25) is 0 Å². The minimum atomic E-state index is -0.127. The third kappa shape index (κ3) is 6.52. The highest BCUT2D eigenvalue weighted by Crippen LogP contribution is 2.35. The monoisotopic (exact) mass is 526 g/mol. The zero-order valence-electron chi connectivity index (χ0n) is 23.4. The van der Waals surface area contributed by atoms with E-state index in [1.54, 1.807) is 0 Å². The zero-order chi connectivity index (χ0) is 27.2. The molecule has 0 bridgehead atoms. The Morgan fingerprint density at radius 3 is 2.64 bits per heavy atom. The molecule has 0 aromatic heterocycles. The molecule has 3 aliphatic rings. The fourth-order valence-electron chi connectivity index (χ4n) is 6.60. The molecule has 1 N–H and O–H groups in total. The van der Waals surface area contributed by atoms with Gasteiger partial charge in [-0.1, -0.05) is 72.7 Å². The number of nitrogens with one attached hydrogen (secondary N) is 1. The summed E-state index contributed by atoms with van der Waals surface area (Å²) in [6, 6.07) is 16.0. The van der Waals surface area contributed by atoms with Crippen molar-refractivity contribution in [2.75, 3.05) is 19.7 Å². The van der Waals surface area contributed by atoms with Crippen molar-refractivity contribution in [3.63, 3.8) is 0 Å². The van der Waals surface area contributed by atoms with Gasteiger partial charge in [-0.25, -0.2) is 0 Å². The van der Waals surface area contributed by atoms with Crippen molar-refractivity contribution < 1.29 is 14.3 Å². The minimum absolute atomic E-state index is 0.0677. The van der Waals surface area contributed by atoms with E-state index in [2.05, 4.69) is 66.9 Å². The molecule has 1 amide bonds. The Labute approximate surface area is 233 Å². The highest BCUT2D eigenvalue weighted by Gasteiger charge is 2.30. The Hall–Kier alpha value is -3.18. The summed E-state index contributed by atoms with van der Waals surface area (Å²) in [6.45, 7) is 5.74. The molecular formula is C34H42N2O3. The van der Waals surface area contributed by atoms with Gasteiger partial charge in [-0.05, 0) is 80.7 Å². The quantitative estimate of drug-likeness (QED) is 0.410. The molecule has 206 valence electrons. The van der Waals surface area contributed by atoms with Crippen LogP contribution in [0.3, 0.4) is 0 Å². The highest BCUT2D eigenvalue weighted by atomic mass is 16.5. The summed E-state index contributed by atoms with van der Waals surface area (Å²) >= 11 is 0. The predicted octanol–water partition coefficient (Wildman–Crippen LogP) is 6.66. The van der Waals surface area contributed by atoms with Gasteiger partial charge in [-0.3, -0.25) is 9.59 Å². The van der Waals surface area contributed by atoms with Gasteiger partial charge >= 0.3 is 5.97 Å². The number of amides is 1. The number of allylic oxidation sites excluding steroid dienone is 4. The molecule has 1 aliphatic heterocycles. The van der Waals surface area contributed by atoms with Crippen LogP contribution in [-0.4, -0.2) is 42.5 Å². The average Bonchev–Trinajstić information content (AvgIpc) is 3.23. The third-order valence-corrected chi connectivity index (χ3v) is 8.75. The Bertz CT molecular complexity index is 1260. The van der Waals surface area contributed by atoms with Gasteiger partial charge in [-0.2, -0.15) is 0 Å². The summed E-state index contributed by atoms with van der Waals surface area (Å²) in [6.07, 6.45) is 15.4. The van der Waals surface area contributed by atoms with E-state index in [0.29, 0.717) is 50.5 Å². The standard InChI is InChI=1S/C34H42N2O3/c1-3-39-34(38)28-19-21-36(22-20-28)33(37)27-12-6-10-25(17-18-27)29-13-7-14-30(23-29)35-24(2)31-16-8-11-26-9-4-5-15-32(26)31/h4-6,8-9,11-12,15-18,24,28-30,35H,3,7,10,13-14,19-23H2,1-2H3/t24?,29-,30?/m0/s1. The maximum atomic E-state index is 13.2. The van der Waals surface area contributed by atoms with E-state index in [4.69, 9.17) is 4.74 Å². The Morgan fingerprint density at radius 2 is 1.82 bits per heavy atom. The number of likely N-dealkylation sites (tertiary alicyclic amines) is 1. The summed E-state index contributed by atoms with van der Waals surface area (Å²) < 4.78 is 5.17. The molecule has 2 fully saturated rings. The highest BCUT2D eigenvalue weighted by molar-refractivity contribution is 5.96. The van der Waals surface area contributed by atoms with Gasteiger partial charge in [0.15, 0.2) is 0 Å². The van der Waals surface area contributed by atoms with Crippen LogP contribution in [0.15, 0.2) is 77.9 Å². The summed E-state index contributed by atoms with van der Waals surface area (Å²) in [5.41, 5.74) is 3.54. The first-order chi connectivity index (χ1) is 19.0. The molecule has 5 nitrogen and oxygen atoms in total. The van der Waals surface area contributed by atoms with Crippen molar-refractivity contribution in [1.29, 1.82) is 0 Å². The molecule has 5 heteroatoms. The number of hydrogen-bond donors (Lipinski definition) is 1. The summed E-state index contributed by atoms with van der Waals surface area (Å²) in [4.78, 5) is 27.2. The van der Waals surface area contributed by atoms with Crippen molar-refractivity contribution in [2.24, 2.45) is 11.8 Å². The van der Waals surface area contributed by atoms with Crippen LogP contribution in [0.4, 0.5) is 0 Å². The molecule has 3 atom stereocenters. The number of benzene rings is 2. The second-order valence-electron chi connectivity index (χ2n) is 11.3. The zero-order valence-corrected chi connectivity index (χ0v) is 23.4. The van der Waals surface area contributed by atoms with E-state index in [0.717, 1.165) is 18.4 Å². The number of rotatable bonds is 7. The van der Waals surface area contributed by atoms with Crippen molar-refractivity contribution >= 4 is 22.6 Å². The van der Waals surface area contributed by atoms with Gasteiger partial charge in [0.25, 0.3) is 5.91 Å². The lowest BCUT2D eigenvalue weighted by molar-refractivity contribution is -0.150. The average molecular weight is 527 g/mol. The normalized spacial score (nSPS) is 23.1. The number of nitrogens with zero attached hydrogens (tertiary/aromatic N) is 1. The molecular weight excluding hydrogens is 484 g/mol. The maximum Gasteiger partial charge on any atom is 0.309 e. The summed E-state index contributed by atoms with van der Waals surface area (Å²) in [5, 5.41) is 6.57. The van der Waals surface area contributed by atoms with Crippen LogP contribution in [-0.2, 0) is 14.3 Å². The van der Waals surface area contributed by atoms with Crippen molar-refractivity contribution in [3.05, 3.63) is 83.5 Å². The first kappa shape index (κ1) is 27.4. The Morgan fingerprint density at radius 1 is 1.03 bits per heavy atom. The van der Waals surface area contributed by atoms with E-state index in [-0.39, 0.29) is 17.8 Å². The topological polar surface area (TPSA) is 58.6 Å². The number of esters is 1. The Balaban J connectivity index is 1.19. The maximum absolute atomic E-state index is 13.2. The van der Waals surface area contributed by atoms with Crippen LogP contribution in [0, 0.1) is 11.8 Å². The number of hydrogen-bond acceptors (Lipinski definition) is 4. The number of piperidine rings is 1. The lowest BCUT2D eigenvalue weighted by Crippen LogP contribution is -2.41. The second kappa shape index (κ2) is 12.8. The second-order valence-corrected chi connectivity index (χ2v) is 11.3. The van der Waals surface area contributed by atoms with E-state index in [9.17, 15) is 9.59 Å². The van der Waals surface area contributed by atoms with E-state index in [1.165, 1.54) is 41.2 Å². The Kier molecular flexibility index (Phi) is 8.98. The molecule has 2 aliphatic carbocycles. The number of carbonyl (C=O) groups excluding carboxylic acids is 2. The first-order valence-electron chi connectivity index (χ1n) is 14.8. The molecule has 1 heterocycles. The van der Waals surface area contributed by atoms with Gasteiger partial charge in [0, 0.05) is 30.7 Å². The van der Waals surface area contributed by atoms with E-state index < -0.39 is 0 Å². The summed E-state index contributed by atoms with van der Waals surface area (Å²) in [5.74, 6) is 0.387. The van der Waals surface area contributed by atoms with Crippen LogP contribution < -0.4 is 5.32 Å². The van der Waals surface area contributed by atoms with Crippen LogP contribution in [0.5, 0.6) is 0 Å². The summed E-state index contributed by atoms with van der Waals surface area (Å²) in [7, 11) is 0. The fraction of sp³-hybridized carbons (Fsp3) is 0.471. The van der Waals surface area contributed by atoms with Crippen LogP contribution in [0.1, 0.15) is 70.4 Å². The molecule has 2 unspecified atom stereocenters. The largest absolute Gasteiger partial charge is 0.466 e. The predicted molar refractivity (Wildman–Crippen MR) is 157 cm³/mol. The first-order valence-corrected chi connectivity index (χ1v) is 14.8. The number of ether oxygens (including phenoxy) is 1. The van der Waals surface area contributed by atoms with Gasteiger partial charge in [0.1, 0.15) is 0 Å². The number of fused-ring (bicyclic) bond motifs is 1. The molecule has 2 aromatic carbocycles. The lowest BCUT2D eigenvalue weighted by atomic mass is 9.79. The lowest BCUT2D eigenvalue weighted by Gasteiger charge is -2.33. The van der Waals surface area contributed by atoms with E-state index >= 15 is 0 Å². The minimum Gasteiger partial charge on any atom is -0.466 e. The molecule has 1 saturated heterocycles. The smallest absolute Gasteiger partial charge is 0.309 e. The van der Waals surface area contributed by atoms with Gasteiger partial charge in [0.05, 0.1) is 12.5 Å². The fourth-order valence-corrected chi connectivity index (χ4v) is 6.60. The van der Waals surface area contributed by atoms with Crippen molar-refractivity contribution in [1.82, 2.24) is 10.2 Å². The van der Waals surface area contributed by atoms with Gasteiger partial charge in [-0.15, -0.1) is 0 Å². The molecule has 1 saturated carbocycles.